The number of carbonyl (C=O) groups excluding carboxylic acids is 1. The lowest BCUT2D eigenvalue weighted by Crippen LogP contribution is -2.44. The van der Waals surface area contributed by atoms with Crippen molar-refractivity contribution in [3.63, 3.8) is 0 Å². The highest BCUT2D eigenvalue weighted by Crippen LogP contribution is 2.27. The van der Waals surface area contributed by atoms with E-state index >= 15 is 0 Å². The highest BCUT2D eigenvalue weighted by Gasteiger charge is 2.22. The summed E-state index contributed by atoms with van der Waals surface area (Å²) in [7, 11) is 1.58. The van der Waals surface area contributed by atoms with Crippen molar-refractivity contribution in [2.75, 3.05) is 26.8 Å². The molecule has 1 fully saturated rings. The minimum absolute atomic E-state index is 0.120. The van der Waals surface area contributed by atoms with Gasteiger partial charge in [-0.15, -0.1) is 0 Å². The van der Waals surface area contributed by atoms with Crippen LogP contribution in [0.15, 0.2) is 60.7 Å². The summed E-state index contributed by atoms with van der Waals surface area (Å²) in [5.41, 5.74) is 4.57. The second kappa shape index (κ2) is 11.4. The molecule has 0 radical (unpaired) electrons. The van der Waals surface area contributed by atoms with E-state index in [4.69, 9.17) is 9.47 Å². The molecule has 1 saturated heterocycles. The molecule has 1 aliphatic rings. The first-order valence-electron chi connectivity index (χ1n) is 12.2. The van der Waals surface area contributed by atoms with Crippen molar-refractivity contribution in [1.82, 2.24) is 10.2 Å². The van der Waals surface area contributed by atoms with Crippen LogP contribution in [-0.4, -0.2) is 43.7 Å². The van der Waals surface area contributed by atoms with Crippen molar-refractivity contribution < 1.29 is 18.7 Å². The number of ether oxygens (including phenoxy) is 2. The van der Waals surface area contributed by atoms with E-state index in [1.54, 1.807) is 25.3 Å². The number of benzene rings is 3. The van der Waals surface area contributed by atoms with Gasteiger partial charge < -0.3 is 14.8 Å². The number of amides is 1. The van der Waals surface area contributed by atoms with Gasteiger partial charge in [0.05, 0.1) is 13.7 Å². The maximum atomic E-state index is 13.3. The van der Waals surface area contributed by atoms with Crippen molar-refractivity contribution in [2.45, 2.75) is 39.3 Å². The minimum atomic E-state index is -0.293. The second-order valence-electron chi connectivity index (χ2n) is 9.01. The summed E-state index contributed by atoms with van der Waals surface area (Å²) in [6.45, 7) is 7.43. The number of methoxy groups -OCH3 is 1. The molecule has 6 heteroatoms. The Morgan fingerprint density at radius 2 is 1.77 bits per heavy atom. The number of likely N-dealkylation sites (tertiary alicyclic amines) is 1. The van der Waals surface area contributed by atoms with Gasteiger partial charge in [-0.25, -0.2) is 4.39 Å². The summed E-state index contributed by atoms with van der Waals surface area (Å²) in [5, 5.41) is 3.19. The van der Waals surface area contributed by atoms with E-state index in [0.717, 1.165) is 54.9 Å². The molecule has 35 heavy (non-hydrogen) atoms. The number of aryl methyl sites for hydroxylation is 1. The summed E-state index contributed by atoms with van der Waals surface area (Å²) < 4.78 is 24.5. The van der Waals surface area contributed by atoms with Crippen LogP contribution in [0.5, 0.6) is 11.5 Å². The molecule has 0 unspecified atom stereocenters. The van der Waals surface area contributed by atoms with Gasteiger partial charge in [-0.3, -0.25) is 9.69 Å². The smallest absolute Gasteiger partial charge is 0.251 e. The van der Waals surface area contributed by atoms with E-state index in [9.17, 15) is 9.18 Å². The summed E-state index contributed by atoms with van der Waals surface area (Å²) >= 11 is 0. The molecular formula is C29H33FN2O3. The van der Waals surface area contributed by atoms with Crippen molar-refractivity contribution in [1.29, 1.82) is 0 Å². The number of piperidine rings is 1. The molecule has 1 aliphatic heterocycles. The molecule has 3 aromatic carbocycles. The average molecular weight is 477 g/mol. The van der Waals surface area contributed by atoms with Crippen LogP contribution < -0.4 is 14.8 Å². The van der Waals surface area contributed by atoms with Gasteiger partial charge in [-0.2, -0.15) is 0 Å². The number of carbonyl (C=O) groups is 1. The molecule has 1 heterocycles. The van der Waals surface area contributed by atoms with Crippen LogP contribution >= 0.6 is 0 Å². The number of rotatable bonds is 8. The molecule has 1 N–H and O–H groups in total. The van der Waals surface area contributed by atoms with E-state index in [-0.39, 0.29) is 17.8 Å². The standard InChI is InChI=1S/C29H33FN2O3/c1-4-35-28-15-21(6-5-20(28)2)19-32-13-11-26(12-14-32)31-29(33)24-16-23(17-27(18-24)34-3)22-7-9-25(30)10-8-22/h5-10,15-18,26H,4,11-14,19H2,1-3H3,(H,31,33). The fourth-order valence-electron chi connectivity index (χ4n) is 4.47. The third kappa shape index (κ3) is 6.40. The third-order valence-electron chi connectivity index (χ3n) is 6.46. The first-order chi connectivity index (χ1) is 16.9. The van der Waals surface area contributed by atoms with Gasteiger partial charge in [0.2, 0.25) is 0 Å². The Labute approximate surface area is 206 Å². The van der Waals surface area contributed by atoms with Gasteiger partial charge >= 0.3 is 0 Å². The third-order valence-corrected chi connectivity index (χ3v) is 6.46. The molecule has 4 rings (SSSR count). The molecule has 5 nitrogen and oxygen atoms in total. The lowest BCUT2D eigenvalue weighted by atomic mass is 10.0. The predicted molar refractivity (Wildman–Crippen MR) is 137 cm³/mol. The minimum Gasteiger partial charge on any atom is -0.497 e. The highest BCUT2D eigenvalue weighted by molar-refractivity contribution is 5.96. The fraction of sp³-hybridized carbons (Fsp3) is 0.345. The van der Waals surface area contributed by atoms with E-state index in [1.807, 2.05) is 19.1 Å². The van der Waals surface area contributed by atoms with Crippen molar-refractivity contribution in [2.24, 2.45) is 0 Å². The molecule has 0 bridgehead atoms. The second-order valence-corrected chi connectivity index (χ2v) is 9.01. The largest absolute Gasteiger partial charge is 0.497 e. The number of halogens is 1. The molecule has 0 aliphatic carbocycles. The summed E-state index contributed by atoms with van der Waals surface area (Å²) in [6, 6.07) is 18.2. The van der Waals surface area contributed by atoms with Crippen LogP contribution in [0.1, 0.15) is 41.3 Å². The molecule has 0 spiro atoms. The van der Waals surface area contributed by atoms with Crippen LogP contribution in [-0.2, 0) is 6.54 Å². The van der Waals surface area contributed by atoms with Crippen LogP contribution in [0.25, 0.3) is 11.1 Å². The summed E-state index contributed by atoms with van der Waals surface area (Å²) in [5.74, 6) is 1.13. The number of hydrogen-bond acceptors (Lipinski definition) is 4. The Morgan fingerprint density at radius 3 is 2.46 bits per heavy atom. The van der Waals surface area contributed by atoms with Crippen LogP contribution in [0.3, 0.4) is 0 Å². The van der Waals surface area contributed by atoms with E-state index in [0.29, 0.717) is 17.9 Å². The van der Waals surface area contributed by atoms with E-state index in [1.165, 1.54) is 17.7 Å². The SMILES string of the molecule is CCOc1cc(CN2CCC(NC(=O)c3cc(OC)cc(-c4ccc(F)cc4)c3)CC2)ccc1C. The Kier molecular flexibility index (Phi) is 8.03. The van der Waals surface area contributed by atoms with Crippen LogP contribution in [0, 0.1) is 12.7 Å². The Hall–Kier alpha value is -3.38. The van der Waals surface area contributed by atoms with Crippen molar-refractivity contribution in [3.8, 4) is 22.6 Å². The molecule has 3 aromatic rings. The predicted octanol–water partition coefficient (Wildman–Crippen LogP) is 5.60. The molecular weight excluding hydrogens is 443 g/mol. The Balaban J connectivity index is 1.36. The molecule has 184 valence electrons. The fourth-order valence-corrected chi connectivity index (χ4v) is 4.47. The maximum absolute atomic E-state index is 13.3. The van der Waals surface area contributed by atoms with Gasteiger partial charge in [0.15, 0.2) is 0 Å². The molecule has 1 amide bonds. The first-order valence-corrected chi connectivity index (χ1v) is 12.2. The highest BCUT2D eigenvalue weighted by atomic mass is 19.1. The number of nitrogens with one attached hydrogen (secondary N) is 1. The number of nitrogens with zero attached hydrogens (tertiary/aromatic N) is 1. The molecule has 0 aromatic heterocycles. The summed E-state index contributed by atoms with van der Waals surface area (Å²) in [6.07, 6.45) is 1.79. The van der Waals surface area contributed by atoms with E-state index in [2.05, 4.69) is 35.3 Å². The summed E-state index contributed by atoms with van der Waals surface area (Å²) in [4.78, 5) is 15.5. The zero-order valence-electron chi connectivity index (χ0n) is 20.6. The molecule has 0 saturated carbocycles. The Bertz CT molecular complexity index is 1160. The Morgan fingerprint density at radius 1 is 1.03 bits per heavy atom. The van der Waals surface area contributed by atoms with Crippen LogP contribution in [0.2, 0.25) is 0 Å². The zero-order chi connectivity index (χ0) is 24.8. The normalized spacial score (nSPS) is 14.5. The molecule has 0 atom stereocenters. The quantitative estimate of drug-likeness (QED) is 0.460. The van der Waals surface area contributed by atoms with Gasteiger partial charge in [-0.1, -0.05) is 24.3 Å². The first kappa shape index (κ1) is 24.7. The zero-order valence-corrected chi connectivity index (χ0v) is 20.6. The van der Waals surface area contributed by atoms with E-state index < -0.39 is 0 Å². The monoisotopic (exact) mass is 476 g/mol. The van der Waals surface area contributed by atoms with Gasteiger partial charge in [-0.05, 0) is 85.3 Å². The topological polar surface area (TPSA) is 50.8 Å². The van der Waals surface area contributed by atoms with Gasteiger partial charge in [0.25, 0.3) is 5.91 Å². The van der Waals surface area contributed by atoms with Gasteiger partial charge in [0.1, 0.15) is 17.3 Å². The number of hydrogen-bond donors (Lipinski definition) is 1. The lowest BCUT2D eigenvalue weighted by Gasteiger charge is -2.32. The average Bonchev–Trinajstić information content (AvgIpc) is 2.87. The maximum Gasteiger partial charge on any atom is 0.251 e. The lowest BCUT2D eigenvalue weighted by molar-refractivity contribution is 0.0908. The van der Waals surface area contributed by atoms with Crippen molar-refractivity contribution in [3.05, 3.63) is 83.2 Å². The van der Waals surface area contributed by atoms with Gasteiger partial charge in [0, 0.05) is 31.2 Å². The van der Waals surface area contributed by atoms with Crippen molar-refractivity contribution >= 4 is 5.91 Å². The van der Waals surface area contributed by atoms with Crippen LogP contribution in [0.4, 0.5) is 4.39 Å².